The monoisotopic (exact) mass is 344 g/mol. The Labute approximate surface area is 146 Å². The Morgan fingerprint density at radius 2 is 2.20 bits per heavy atom. The van der Waals surface area contributed by atoms with Gasteiger partial charge in [-0.1, -0.05) is 13.0 Å². The number of aromatic nitrogens is 3. The zero-order valence-corrected chi connectivity index (χ0v) is 14.7. The summed E-state index contributed by atoms with van der Waals surface area (Å²) in [6.07, 6.45) is 6.91. The van der Waals surface area contributed by atoms with Gasteiger partial charge in [0.2, 0.25) is 0 Å². The number of hydrogen-bond donors (Lipinski definition) is 1. The number of halogens is 1. The maximum absolute atomic E-state index is 14.7. The van der Waals surface area contributed by atoms with E-state index in [1.165, 1.54) is 29.6 Å². The Morgan fingerprint density at radius 1 is 1.44 bits per heavy atom. The fourth-order valence-electron chi connectivity index (χ4n) is 2.24. The first-order valence-electron chi connectivity index (χ1n) is 7.90. The van der Waals surface area contributed by atoms with Gasteiger partial charge in [0.05, 0.1) is 5.69 Å². The molecular weight excluding hydrogens is 323 g/mol. The number of ether oxygens (including phenoxy) is 1. The van der Waals surface area contributed by atoms with E-state index in [0.717, 1.165) is 6.42 Å². The molecule has 0 radical (unpaired) electrons. The van der Waals surface area contributed by atoms with Gasteiger partial charge in [0.1, 0.15) is 12.7 Å². The smallest absolute Gasteiger partial charge is 0.262 e. The van der Waals surface area contributed by atoms with Crippen LogP contribution < -0.4 is 4.74 Å². The number of aliphatic hydroxyl groups excluding tert-OH is 1. The summed E-state index contributed by atoms with van der Waals surface area (Å²) in [6.45, 7) is 6.99. The van der Waals surface area contributed by atoms with E-state index in [4.69, 9.17) is 4.74 Å². The molecule has 132 valence electrons. The molecular formula is C18H21FN4O2. The van der Waals surface area contributed by atoms with Crippen LogP contribution in [-0.2, 0) is 0 Å². The van der Waals surface area contributed by atoms with Crippen LogP contribution in [0.3, 0.4) is 0 Å². The van der Waals surface area contributed by atoms with E-state index in [-0.39, 0.29) is 17.4 Å². The maximum atomic E-state index is 14.7. The zero-order valence-electron chi connectivity index (χ0n) is 14.7. The second-order valence-electron chi connectivity index (χ2n) is 5.30. The molecule has 0 atom stereocenters. The highest BCUT2D eigenvalue weighted by molar-refractivity contribution is 5.55. The summed E-state index contributed by atoms with van der Waals surface area (Å²) in [5.74, 6) is -0.770. The van der Waals surface area contributed by atoms with E-state index < -0.39 is 5.82 Å². The second kappa shape index (κ2) is 8.23. The minimum atomic E-state index is -0.554. The zero-order chi connectivity index (χ0) is 18.4. The largest absolute Gasteiger partial charge is 0.503 e. The van der Waals surface area contributed by atoms with Crippen molar-refractivity contribution < 1.29 is 14.2 Å². The molecule has 0 aliphatic rings. The summed E-state index contributed by atoms with van der Waals surface area (Å²) in [7, 11) is 0. The van der Waals surface area contributed by atoms with Crippen LogP contribution in [0.5, 0.6) is 5.75 Å². The number of rotatable bonds is 6. The summed E-state index contributed by atoms with van der Waals surface area (Å²) >= 11 is 0. The van der Waals surface area contributed by atoms with Crippen molar-refractivity contribution in [2.75, 3.05) is 0 Å². The summed E-state index contributed by atoms with van der Waals surface area (Å²) < 4.78 is 21.7. The SMILES string of the molecule is C\C=N/C(Oc1ccc(-n2cncn2)c(C)c1F)=C(O)\C(C)=C\CC. The third kappa shape index (κ3) is 4.12. The van der Waals surface area contributed by atoms with Gasteiger partial charge in [0.15, 0.2) is 17.3 Å². The summed E-state index contributed by atoms with van der Waals surface area (Å²) in [5, 5.41) is 14.3. The molecule has 0 saturated carbocycles. The third-order valence-electron chi connectivity index (χ3n) is 3.53. The first-order valence-corrected chi connectivity index (χ1v) is 7.90. The molecule has 0 unspecified atom stereocenters. The molecule has 2 aromatic rings. The molecule has 0 aliphatic carbocycles. The molecule has 0 aliphatic heterocycles. The number of aliphatic imine (C=N–C) groups is 1. The first-order chi connectivity index (χ1) is 12.0. The van der Waals surface area contributed by atoms with Gasteiger partial charge in [0, 0.05) is 11.8 Å². The standard InChI is InChI=1S/C18H21FN4O2/c1-5-7-12(3)17(24)18(21-6-2)25-15-9-8-14(13(4)16(15)19)23-11-20-10-22-23/h6-11,24H,5H2,1-4H3/b12-7+,18-17-,21-6-. The maximum Gasteiger partial charge on any atom is 0.262 e. The van der Waals surface area contributed by atoms with Gasteiger partial charge in [-0.25, -0.2) is 19.0 Å². The van der Waals surface area contributed by atoms with Gasteiger partial charge in [-0.15, -0.1) is 0 Å². The average molecular weight is 344 g/mol. The van der Waals surface area contributed by atoms with Crippen molar-refractivity contribution in [3.63, 3.8) is 0 Å². The minimum Gasteiger partial charge on any atom is -0.503 e. The number of nitrogens with zero attached hydrogens (tertiary/aromatic N) is 4. The van der Waals surface area contributed by atoms with Crippen molar-refractivity contribution in [1.29, 1.82) is 0 Å². The van der Waals surface area contributed by atoms with Crippen molar-refractivity contribution in [3.05, 3.63) is 59.5 Å². The Bertz CT molecular complexity index is 824. The topological polar surface area (TPSA) is 72.5 Å². The highest BCUT2D eigenvalue weighted by Gasteiger charge is 2.16. The van der Waals surface area contributed by atoms with Crippen LogP contribution in [-0.4, -0.2) is 26.1 Å². The quantitative estimate of drug-likeness (QED) is 0.482. The predicted molar refractivity (Wildman–Crippen MR) is 94.6 cm³/mol. The van der Waals surface area contributed by atoms with Gasteiger partial charge in [0.25, 0.3) is 5.88 Å². The van der Waals surface area contributed by atoms with Crippen molar-refractivity contribution >= 4 is 6.21 Å². The minimum absolute atomic E-state index is 0.0298. The lowest BCUT2D eigenvalue weighted by Crippen LogP contribution is -2.05. The van der Waals surface area contributed by atoms with E-state index in [1.807, 2.05) is 13.0 Å². The molecule has 25 heavy (non-hydrogen) atoms. The Morgan fingerprint density at radius 3 is 2.80 bits per heavy atom. The molecule has 1 N–H and O–H groups in total. The lowest BCUT2D eigenvalue weighted by atomic mass is 10.1. The number of hydrogen-bond acceptors (Lipinski definition) is 5. The molecule has 2 rings (SSSR count). The predicted octanol–water partition coefficient (Wildman–Crippen LogP) is 4.27. The molecule has 1 aromatic carbocycles. The van der Waals surface area contributed by atoms with Crippen molar-refractivity contribution in [3.8, 4) is 11.4 Å². The Kier molecular flexibility index (Phi) is 6.05. The number of aliphatic hydroxyl groups is 1. The summed E-state index contributed by atoms with van der Waals surface area (Å²) in [6, 6.07) is 3.14. The van der Waals surface area contributed by atoms with Crippen LogP contribution in [0.4, 0.5) is 4.39 Å². The van der Waals surface area contributed by atoms with Crippen LogP contribution in [0, 0.1) is 12.7 Å². The normalized spacial score (nSPS) is 13.2. The van der Waals surface area contributed by atoms with E-state index in [2.05, 4.69) is 15.1 Å². The molecule has 1 aromatic heterocycles. The molecule has 6 nitrogen and oxygen atoms in total. The fourth-order valence-corrected chi connectivity index (χ4v) is 2.24. The van der Waals surface area contributed by atoms with E-state index in [9.17, 15) is 9.50 Å². The highest BCUT2D eigenvalue weighted by atomic mass is 19.1. The second-order valence-corrected chi connectivity index (χ2v) is 5.30. The van der Waals surface area contributed by atoms with Crippen LogP contribution in [0.1, 0.15) is 32.8 Å². The van der Waals surface area contributed by atoms with E-state index in [1.54, 1.807) is 26.8 Å². The lowest BCUT2D eigenvalue weighted by Gasteiger charge is -2.13. The average Bonchev–Trinajstić information content (AvgIpc) is 3.12. The van der Waals surface area contributed by atoms with E-state index >= 15 is 0 Å². The molecule has 0 saturated heterocycles. The molecule has 0 spiro atoms. The number of allylic oxidation sites excluding steroid dienone is 2. The highest BCUT2D eigenvalue weighted by Crippen LogP contribution is 2.28. The number of benzene rings is 1. The van der Waals surface area contributed by atoms with Crippen LogP contribution in [0.25, 0.3) is 5.69 Å². The Hall–Kier alpha value is -2.96. The Balaban J connectivity index is 2.43. The molecule has 0 amide bonds. The van der Waals surface area contributed by atoms with Gasteiger partial charge < -0.3 is 9.84 Å². The van der Waals surface area contributed by atoms with Gasteiger partial charge >= 0.3 is 0 Å². The van der Waals surface area contributed by atoms with Crippen molar-refractivity contribution in [2.45, 2.75) is 34.1 Å². The van der Waals surface area contributed by atoms with Gasteiger partial charge in [-0.2, -0.15) is 5.10 Å². The van der Waals surface area contributed by atoms with E-state index in [0.29, 0.717) is 16.8 Å². The van der Waals surface area contributed by atoms with Crippen LogP contribution >= 0.6 is 0 Å². The van der Waals surface area contributed by atoms with Crippen molar-refractivity contribution in [1.82, 2.24) is 14.8 Å². The molecule has 1 heterocycles. The molecule has 7 heteroatoms. The van der Waals surface area contributed by atoms with Gasteiger partial charge in [-0.3, -0.25) is 0 Å². The van der Waals surface area contributed by atoms with Crippen LogP contribution in [0.2, 0.25) is 0 Å². The molecule has 0 fully saturated rings. The van der Waals surface area contributed by atoms with Crippen LogP contribution in [0.15, 0.2) is 53.1 Å². The van der Waals surface area contributed by atoms with Gasteiger partial charge in [-0.05, 0) is 44.9 Å². The lowest BCUT2D eigenvalue weighted by molar-refractivity contribution is 0.330. The third-order valence-corrected chi connectivity index (χ3v) is 3.53. The molecule has 0 bridgehead atoms. The summed E-state index contributed by atoms with van der Waals surface area (Å²) in [5.41, 5.74) is 1.51. The fraction of sp³-hybridized carbons (Fsp3) is 0.278. The first kappa shape index (κ1) is 18.4. The van der Waals surface area contributed by atoms with Crippen molar-refractivity contribution in [2.24, 2.45) is 4.99 Å². The summed E-state index contributed by atoms with van der Waals surface area (Å²) in [4.78, 5) is 7.87.